The molecule has 10 heteroatoms. The van der Waals surface area contributed by atoms with E-state index in [9.17, 15) is 22.8 Å². The van der Waals surface area contributed by atoms with Crippen molar-refractivity contribution in [3.63, 3.8) is 0 Å². The van der Waals surface area contributed by atoms with Crippen LogP contribution in [0.2, 0.25) is 0 Å². The highest BCUT2D eigenvalue weighted by Crippen LogP contribution is 2.23. The fourth-order valence-corrected chi connectivity index (χ4v) is 3.59. The zero-order chi connectivity index (χ0) is 22.7. The van der Waals surface area contributed by atoms with E-state index in [1.807, 2.05) is 24.3 Å². The Labute approximate surface area is 181 Å². The molecule has 0 spiro atoms. The quantitative estimate of drug-likeness (QED) is 0.600. The van der Waals surface area contributed by atoms with Crippen molar-refractivity contribution in [1.29, 1.82) is 0 Å². The number of nitrogens with one attached hydrogen (secondary N) is 1. The van der Waals surface area contributed by atoms with Crippen molar-refractivity contribution < 1.29 is 22.6 Å². The molecule has 2 heterocycles. The van der Waals surface area contributed by atoms with Crippen molar-refractivity contribution in [1.82, 2.24) is 9.55 Å². The fourth-order valence-electron chi connectivity index (χ4n) is 3.59. The second kappa shape index (κ2) is 9.47. The molecule has 0 bridgehead atoms. The summed E-state index contributed by atoms with van der Waals surface area (Å²) in [6, 6.07) is 9.44. The van der Waals surface area contributed by atoms with Crippen LogP contribution in [-0.4, -0.2) is 55.3 Å². The molecule has 0 amide bonds. The summed E-state index contributed by atoms with van der Waals surface area (Å²) < 4.78 is 51.1. The molecular formula is C22H22F3N3O4. The fraction of sp³-hybridized carbons (Fsp3) is 0.364. The third-order valence-electron chi connectivity index (χ3n) is 5.33. The van der Waals surface area contributed by atoms with Gasteiger partial charge in [0.2, 0.25) is 0 Å². The van der Waals surface area contributed by atoms with E-state index in [-0.39, 0.29) is 17.4 Å². The molecule has 0 saturated carbocycles. The molecule has 0 atom stereocenters. The van der Waals surface area contributed by atoms with E-state index in [2.05, 4.69) is 9.88 Å². The van der Waals surface area contributed by atoms with Gasteiger partial charge in [0, 0.05) is 24.8 Å². The molecule has 1 aromatic heterocycles. The first kappa shape index (κ1) is 21.9. The Morgan fingerprint density at radius 1 is 1.06 bits per heavy atom. The van der Waals surface area contributed by atoms with Gasteiger partial charge in [-0.05, 0) is 23.8 Å². The molecule has 1 aliphatic rings. The van der Waals surface area contributed by atoms with Crippen molar-refractivity contribution in [3.05, 3.63) is 68.6 Å². The number of halogens is 3. The Hall–Kier alpha value is -3.27. The van der Waals surface area contributed by atoms with Gasteiger partial charge >= 0.3 is 5.69 Å². The first-order valence-electron chi connectivity index (χ1n) is 10.2. The number of aromatic nitrogens is 2. The highest BCUT2D eigenvalue weighted by Gasteiger charge is 2.17. The number of nitrogens with zero attached hydrogens (tertiary/aromatic N) is 2. The SMILES string of the molecule is O=c1[nH]c2cc(F)c(OC(CF)CF)cc2c(=O)n1Cc1ccc(N2CCOCC2)cc1. The topological polar surface area (TPSA) is 76.6 Å². The van der Waals surface area contributed by atoms with Crippen LogP contribution in [0.3, 0.4) is 0 Å². The molecule has 32 heavy (non-hydrogen) atoms. The number of hydrogen-bond donors (Lipinski definition) is 1. The van der Waals surface area contributed by atoms with Gasteiger partial charge in [-0.25, -0.2) is 18.0 Å². The lowest BCUT2D eigenvalue weighted by Crippen LogP contribution is -2.36. The first-order chi connectivity index (χ1) is 15.5. The molecule has 0 unspecified atom stereocenters. The Morgan fingerprint density at radius 3 is 2.41 bits per heavy atom. The molecule has 1 saturated heterocycles. The van der Waals surface area contributed by atoms with Gasteiger partial charge in [0.05, 0.1) is 30.7 Å². The Bertz CT molecular complexity index is 1200. The molecule has 1 aliphatic heterocycles. The number of fused-ring (bicyclic) bond motifs is 1. The molecule has 3 aromatic rings. The summed E-state index contributed by atoms with van der Waals surface area (Å²) in [5.74, 6) is -1.39. The van der Waals surface area contributed by atoms with Gasteiger partial charge in [0.1, 0.15) is 13.3 Å². The van der Waals surface area contributed by atoms with Crippen LogP contribution in [0.15, 0.2) is 46.0 Å². The predicted molar refractivity (Wildman–Crippen MR) is 114 cm³/mol. The third kappa shape index (κ3) is 4.50. The van der Waals surface area contributed by atoms with Crippen molar-refractivity contribution in [3.8, 4) is 5.75 Å². The highest BCUT2D eigenvalue weighted by molar-refractivity contribution is 5.79. The van der Waals surface area contributed by atoms with E-state index < -0.39 is 42.3 Å². The maximum absolute atomic E-state index is 14.2. The van der Waals surface area contributed by atoms with Gasteiger partial charge in [-0.15, -0.1) is 0 Å². The number of H-pyrrole nitrogens is 1. The number of ether oxygens (including phenoxy) is 2. The maximum Gasteiger partial charge on any atom is 0.329 e. The van der Waals surface area contributed by atoms with Gasteiger partial charge in [0.25, 0.3) is 5.56 Å². The Morgan fingerprint density at radius 2 is 1.75 bits per heavy atom. The Kier molecular flexibility index (Phi) is 6.50. The van der Waals surface area contributed by atoms with Crippen LogP contribution in [-0.2, 0) is 11.3 Å². The van der Waals surface area contributed by atoms with Crippen LogP contribution in [0.4, 0.5) is 18.9 Å². The summed E-state index contributed by atoms with van der Waals surface area (Å²) in [7, 11) is 0. The number of benzene rings is 2. The summed E-state index contributed by atoms with van der Waals surface area (Å²) >= 11 is 0. The summed E-state index contributed by atoms with van der Waals surface area (Å²) in [6.45, 7) is 0.597. The van der Waals surface area contributed by atoms with E-state index in [0.717, 1.165) is 41.0 Å². The summed E-state index contributed by atoms with van der Waals surface area (Å²) in [6.07, 6.45) is -1.48. The zero-order valence-electron chi connectivity index (χ0n) is 17.2. The number of hydrogen-bond acceptors (Lipinski definition) is 5. The number of morpholine rings is 1. The molecule has 7 nitrogen and oxygen atoms in total. The minimum atomic E-state index is -1.48. The zero-order valence-corrected chi connectivity index (χ0v) is 17.2. The minimum absolute atomic E-state index is 0.00134. The lowest BCUT2D eigenvalue weighted by atomic mass is 10.1. The molecule has 2 aromatic carbocycles. The van der Waals surface area contributed by atoms with E-state index in [1.165, 1.54) is 0 Å². The van der Waals surface area contributed by atoms with E-state index in [0.29, 0.717) is 13.2 Å². The van der Waals surface area contributed by atoms with Crippen molar-refractivity contribution in [2.45, 2.75) is 12.6 Å². The Balaban J connectivity index is 1.64. The number of alkyl halides is 2. The minimum Gasteiger partial charge on any atom is -0.482 e. The van der Waals surface area contributed by atoms with Crippen LogP contribution in [0.1, 0.15) is 5.56 Å². The van der Waals surface area contributed by atoms with Gasteiger partial charge in [0.15, 0.2) is 17.7 Å². The second-order valence-corrected chi connectivity index (χ2v) is 7.46. The van der Waals surface area contributed by atoms with Crippen LogP contribution in [0.25, 0.3) is 10.9 Å². The largest absolute Gasteiger partial charge is 0.482 e. The van der Waals surface area contributed by atoms with Crippen LogP contribution >= 0.6 is 0 Å². The van der Waals surface area contributed by atoms with E-state index >= 15 is 0 Å². The summed E-state index contributed by atoms with van der Waals surface area (Å²) in [5.41, 5.74) is 0.355. The third-order valence-corrected chi connectivity index (χ3v) is 5.33. The average Bonchev–Trinajstić information content (AvgIpc) is 2.82. The van der Waals surface area contributed by atoms with Gasteiger partial charge in [-0.1, -0.05) is 12.1 Å². The lowest BCUT2D eigenvalue weighted by Gasteiger charge is -2.28. The summed E-state index contributed by atoms with van der Waals surface area (Å²) in [5, 5.41) is -0.0256. The molecule has 0 aliphatic carbocycles. The van der Waals surface area contributed by atoms with Crippen LogP contribution in [0, 0.1) is 5.82 Å². The average molecular weight is 449 g/mol. The molecule has 170 valence electrons. The van der Waals surface area contributed by atoms with Crippen LogP contribution < -0.4 is 20.9 Å². The van der Waals surface area contributed by atoms with Crippen LogP contribution in [0.5, 0.6) is 5.75 Å². The number of aromatic amines is 1. The normalized spacial score (nSPS) is 14.3. The van der Waals surface area contributed by atoms with Crippen molar-refractivity contribution in [2.75, 3.05) is 44.6 Å². The van der Waals surface area contributed by atoms with Gasteiger partial charge in [-0.2, -0.15) is 0 Å². The van der Waals surface area contributed by atoms with Gasteiger partial charge in [-0.3, -0.25) is 9.36 Å². The van der Waals surface area contributed by atoms with Gasteiger partial charge < -0.3 is 19.4 Å². The van der Waals surface area contributed by atoms with Crippen molar-refractivity contribution >= 4 is 16.6 Å². The molecule has 0 radical (unpaired) electrons. The first-order valence-corrected chi connectivity index (χ1v) is 10.2. The summed E-state index contributed by atoms with van der Waals surface area (Å²) in [4.78, 5) is 30.1. The lowest BCUT2D eigenvalue weighted by molar-refractivity contribution is 0.122. The molecule has 4 rings (SSSR count). The van der Waals surface area contributed by atoms with E-state index in [4.69, 9.17) is 9.47 Å². The monoisotopic (exact) mass is 449 g/mol. The number of rotatable bonds is 7. The number of anilines is 1. The maximum atomic E-state index is 14.2. The molecule has 1 fully saturated rings. The predicted octanol–water partition coefficient (Wildman–Crippen LogP) is 2.40. The second-order valence-electron chi connectivity index (χ2n) is 7.46. The molecular weight excluding hydrogens is 427 g/mol. The van der Waals surface area contributed by atoms with E-state index in [1.54, 1.807) is 0 Å². The van der Waals surface area contributed by atoms with Crippen molar-refractivity contribution in [2.24, 2.45) is 0 Å². The standard InChI is InChI=1S/C22H22F3N3O4/c23-11-16(12-24)32-20-9-17-19(10-18(20)25)26-22(30)28(21(17)29)13-14-1-3-15(4-2-14)27-5-7-31-8-6-27/h1-4,9-10,16H,5-8,11-13H2,(H,26,30). The highest BCUT2D eigenvalue weighted by atomic mass is 19.1. The molecule has 1 N–H and O–H groups in total. The smallest absolute Gasteiger partial charge is 0.329 e.